The number of anilines is 1. The van der Waals surface area contributed by atoms with E-state index in [2.05, 4.69) is 26.1 Å². The summed E-state index contributed by atoms with van der Waals surface area (Å²) in [5.74, 6) is 1.10. The Kier molecular flexibility index (Phi) is 5.96. The summed E-state index contributed by atoms with van der Waals surface area (Å²) in [7, 11) is 1.59. The Morgan fingerprint density at radius 2 is 2.00 bits per heavy atom. The molecule has 0 spiro atoms. The molecule has 2 nitrogen and oxygen atoms in total. The molecular weight excluding hydrogens is 229 g/mol. The number of methoxy groups -OCH3 is 1. The third-order valence-electron chi connectivity index (χ3n) is 3.41. The number of hydrogen-bond acceptors (Lipinski definition) is 2. The first-order valence-electron chi connectivity index (χ1n) is 6.70. The highest BCUT2D eigenvalue weighted by Gasteiger charge is 2.13. The summed E-state index contributed by atoms with van der Waals surface area (Å²) in [6, 6.07) is 5.10. The molecule has 0 saturated heterocycles. The van der Waals surface area contributed by atoms with Gasteiger partial charge in [0.25, 0.3) is 0 Å². The minimum Gasteiger partial charge on any atom is -0.497 e. The van der Waals surface area contributed by atoms with Crippen molar-refractivity contribution < 1.29 is 9.13 Å². The SMILES string of the molecule is CCC(C)CC(CC)Nc1cc(OC)ccc1F. The molecule has 0 aromatic heterocycles. The molecule has 1 N–H and O–H groups in total. The van der Waals surface area contributed by atoms with Gasteiger partial charge in [-0.15, -0.1) is 0 Å². The number of ether oxygens (including phenoxy) is 1. The van der Waals surface area contributed by atoms with Crippen molar-refractivity contribution in [2.75, 3.05) is 12.4 Å². The quantitative estimate of drug-likeness (QED) is 0.774. The number of halogens is 1. The molecule has 0 heterocycles. The number of rotatable bonds is 7. The van der Waals surface area contributed by atoms with Crippen LogP contribution in [0.1, 0.15) is 40.0 Å². The molecule has 2 atom stereocenters. The van der Waals surface area contributed by atoms with E-state index in [-0.39, 0.29) is 5.82 Å². The molecule has 3 heteroatoms. The Morgan fingerprint density at radius 3 is 2.56 bits per heavy atom. The van der Waals surface area contributed by atoms with Crippen LogP contribution >= 0.6 is 0 Å². The van der Waals surface area contributed by atoms with Crippen LogP contribution < -0.4 is 10.1 Å². The van der Waals surface area contributed by atoms with Crippen LogP contribution in [0.25, 0.3) is 0 Å². The maximum atomic E-state index is 13.7. The van der Waals surface area contributed by atoms with Crippen LogP contribution in [0.5, 0.6) is 5.75 Å². The molecule has 1 aromatic carbocycles. The minimum absolute atomic E-state index is 0.224. The zero-order valence-electron chi connectivity index (χ0n) is 11.8. The summed E-state index contributed by atoms with van der Waals surface area (Å²) in [6.45, 7) is 6.54. The van der Waals surface area contributed by atoms with Crippen molar-refractivity contribution in [3.8, 4) is 5.75 Å². The first-order chi connectivity index (χ1) is 8.60. The maximum absolute atomic E-state index is 13.7. The molecule has 0 amide bonds. The van der Waals surface area contributed by atoms with Gasteiger partial charge in [0.1, 0.15) is 11.6 Å². The van der Waals surface area contributed by atoms with Gasteiger partial charge in [0.2, 0.25) is 0 Å². The van der Waals surface area contributed by atoms with Gasteiger partial charge in [-0.05, 0) is 30.9 Å². The Morgan fingerprint density at radius 1 is 1.28 bits per heavy atom. The number of hydrogen-bond donors (Lipinski definition) is 1. The van der Waals surface area contributed by atoms with E-state index in [4.69, 9.17) is 4.74 Å². The van der Waals surface area contributed by atoms with Gasteiger partial charge in [-0.3, -0.25) is 0 Å². The molecule has 0 aliphatic rings. The van der Waals surface area contributed by atoms with Crippen molar-refractivity contribution in [1.29, 1.82) is 0 Å². The summed E-state index contributed by atoms with van der Waals surface area (Å²) in [5, 5.41) is 3.28. The molecule has 0 bridgehead atoms. The predicted molar refractivity (Wildman–Crippen MR) is 74.7 cm³/mol. The summed E-state index contributed by atoms with van der Waals surface area (Å²) < 4.78 is 18.8. The topological polar surface area (TPSA) is 21.3 Å². The van der Waals surface area contributed by atoms with E-state index >= 15 is 0 Å². The molecule has 0 aliphatic heterocycles. The second-order valence-corrected chi connectivity index (χ2v) is 4.84. The monoisotopic (exact) mass is 253 g/mol. The molecule has 2 unspecified atom stereocenters. The lowest BCUT2D eigenvalue weighted by atomic mass is 9.97. The molecule has 1 rings (SSSR count). The first-order valence-corrected chi connectivity index (χ1v) is 6.70. The molecular formula is C15H24FNO. The highest BCUT2D eigenvalue weighted by atomic mass is 19.1. The van der Waals surface area contributed by atoms with Crippen molar-refractivity contribution in [3.05, 3.63) is 24.0 Å². The summed E-state index contributed by atoms with van der Waals surface area (Å²) in [6.07, 6.45) is 3.20. The van der Waals surface area contributed by atoms with Crippen molar-refractivity contribution in [2.24, 2.45) is 5.92 Å². The predicted octanol–water partition coefficient (Wildman–Crippen LogP) is 4.46. The van der Waals surface area contributed by atoms with Crippen molar-refractivity contribution >= 4 is 5.69 Å². The van der Waals surface area contributed by atoms with Gasteiger partial charge in [-0.2, -0.15) is 0 Å². The van der Waals surface area contributed by atoms with E-state index in [1.54, 1.807) is 19.2 Å². The molecule has 102 valence electrons. The fraction of sp³-hybridized carbons (Fsp3) is 0.600. The van der Waals surface area contributed by atoms with Gasteiger partial charge >= 0.3 is 0 Å². The third kappa shape index (κ3) is 4.21. The normalized spacial score (nSPS) is 14.1. The van der Waals surface area contributed by atoms with E-state index < -0.39 is 0 Å². The van der Waals surface area contributed by atoms with Gasteiger partial charge in [0.15, 0.2) is 0 Å². The Balaban J connectivity index is 2.74. The molecule has 0 aliphatic carbocycles. The lowest BCUT2D eigenvalue weighted by molar-refractivity contribution is 0.413. The van der Waals surface area contributed by atoms with Gasteiger partial charge in [0.05, 0.1) is 12.8 Å². The highest BCUT2D eigenvalue weighted by molar-refractivity contribution is 5.50. The average molecular weight is 253 g/mol. The summed E-state index contributed by atoms with van der Waals surface area (Å²) in [4.78, 5) is 0. The lowest BCUT2D eigenvalue weighted by Crippen LogP contribution is -2.21. The Bertz CT molecular complexity index is 368. The zero-order chi connectivity index (χ0) is 13.5. The molecule has 18 heavy (non-hydrogen) atoms. The van der Waals surface area contributed by atoms with Gasteiger partial charge in [0, 0.05) is 12.1 Å². The van der Waals surface area contributed by atoms with E-state index in [0.717, 1.165) is 19.3 Å². The summed E-state index contributed by atoms with van der Waals surface area (Å²) in [5.41, 5.74) is 0.532. The van der Waals surface area contributed by atoms with E-state index in [1.165, 1.54) is 6.07 Å². The molecule has 0 radical (unpaired) electrons. The second kappa shape index (κ2) is 7.24. The Labute approximate surface area is 110 Å². The van der Waals surface area contributed by atoms with Crippen LogP contribution in [-0.4, -0.2) is 13.2 Å². The van der Waals surface area contributed by atoms with E-state index in [1.807, 2.05) is 0 Å². The third-order valence-corrected chi connectivity index (χ3v) is 3.41. The van der Waals surface area contributed by atoms with Crippen molar-refractivity contribution in [3.63, 3.8) is 0 Å². The van der Waals surface area contributed by atoms with Crippen LogP contribution in [0.4, 0.5) is 10.1 Å². The smallest absolute Gasteiger partial charge is 0.146 e. The lowest BCUT2D eigenvalue weighted by Gasteiger charge is -2.22. The van der Waals surface area contributed by atoms with E-state index in [0.29, 0.717) is 23.4 Å². The molecule has 0 fully saturated rings. The van der Waals surface area contributed by atoms with Crippen LogP contribution in [-0.2, 0) is 0 Å². The van der Waals surface area contributed by atoms with Crippen LogP contribution in [0.3, 0.4) is 0 Å². The van der Waals surface area contributed by atoms with Gasteiger partial charge < -0.3 is 10.1 Å². The van der Waals surface area contributed by atoms with Gasteiger partial charge in [-0.1, -0.05) is 27.2 Å². The van der Waals surface area contributed by atoms with Crippen LogP contribution in [0.15, 0.2) is 18.2 Å². The van der Waals surface area contributed by atoms with Crippen LogP contribution in [0.2, 0.25) is 0 Å². The fourth-order valence-corrected chi connectivity index (χ4v) is 1.94. The van der Waals surface area contributed by atoms with Gasteiger partial charge in [-0.25, -0.2) is 4.39 Å². The second-order valence-electron chi connectivity index (χ2n) is 4.84. The average Bonchev–Trinajstić information content (AvgIpc) is 2.39. The molecule has 0 saturated carbocycles. The fourth-order valence-electron chi connectivity index (χ4n) is 1.94. The first kappa shape index (κ1) is 14.8. The standard InChI is InChI=1S/C15H24FNO/c1-5-11(3)9-12(6-2)17-15-10-13(18-4)7-8-14(15)16/h7-8,10-12,17H,5-6,9H2,1-4H3. The van der Waals surface area contributed by atoms with E-state index in [9.17, 15) is 4.39 Å². The van der Waals surface area contributed by atoms with Crippen molar-refractivity contribution in [1.82, 2.24) is 0 Å². The van der Waals surface area contributed by atoms with Crippen molar-refractivity contribution in [2.45, 2.75) is 46.1 Å². The number of benzene rings is 1. The molecule has 1 aromatic rings. The maximum Gasteiger partial charge on any atom is 0.146 e. The zero-order valence-corrected chi connectivity index (χ0v) is 11.8. The number of nitrogens with one attached hydrogen (secondary N) is 1. The van der Waals surface area contributed by atoms with Crippen LogP contribution in [0, 0.1) is 11.7 Å². The minimum atomic E-state index is -0.224. The largest absolute Gasteiger partial charge is 0.497 e. The highest BCUT2D eigenvalue weighted by Crippen LogP contribution is 2.24. The summed E-state index contributed by atoms with van der Waals surface area (Å²) >= 11 is 0. The Hall–Kier alpha value is -1.25.